The lowest BCUT2D eigenvalue weighted by atomic mass is 10.2. The van der Waals surface area contributed by atoms with Gasteiger partial charge in [-0.15, -0.1) is 0 Å². The first-order valence-electron chi connectivity index (χ1n) is 5.23. The van der Waals surface area contributed by atoms with E-state index in [-0.39, 0.29) is 11.6 Å². The highest BCUT2D eigenvalue weighted by atomic mass is 79.9. The number of aromatic nitrogens is 1. The molecule has 2 aromatic rings. The van der Waals surface area contributed by atoms with Gasteiger partial charge < -0.3 is 5.32 Å². The fraction of sp³-hybridized carbons (Fsp3) is 0. The van der Waals surface area contributed by atoms with Crippen molar-refractivity contribution in [3.8, 4) is 0 Å². The van der Waals surface area contributed by atoms with E-state index < -0.39 is 4.92 Å². The molecule has 1 amide bonds. The number of non-ortho nitro benzene ring substituents is 1. The van der Waals surface area contributed by atoms with Crippen molar-refractivity contribution >= 4 is 33.2 Å². The smallest absolute Gasteiger partial charge is 0.271 e. The van der Waals surface area contributed by atoms with Gasteiger partial charge in [0.05, 0.1) is 4.92 Å². The van der Waals surface area contributed by atoms with E-state index in [4.69, 9.17) is 0 Å². The van der Waals surface area contributed by atoms with E-state index in [1.807, 2.05) is 0 Å². The Labute approximate surface area is 116 Å². The molecule has 6 nitrogen and oxygen atoms in total. The van der Waals surface area contributed by atoms with Crippen LogP contribution in [0.1, 0.15) is 10.4 Å². The van der Waals surface area contributed by atoms with Crippen LogP contribution in [0.25, 0.3) is 0 Å². The van der Waals surface area contributed by atoms with Crippen LogP contribution in [-0.2, 0) is 0 Å². The third-order valence-electron chi connectivity index (χ3n) is 2.30. The van der Waals surface area contributed by atoms with Gasteiger partial charge in [-0.2, -0.15) is 0 Å². The van der Waals surface area contributed by atoms with Crippen LogP contribution in [0.5, 0.6) is 0 Å². The fourth-order valence-corrected chi connectivity index (χ4v) is 1.81. The molecule has 0 aliphatic rings. The number of nitrogens with one attached hydrogen (secondary N) is 1. The van der Waals surface area contributed by atoms with E-state index >= 15 is 0 Å². The number of carbonyl (C=O) groups excluding carboxylic acids is 1. The first-order chi connectivity index (χ1) is 9.06. The number of rotatable bonds is 3. The van der Waals surface area contributed by atoms with Crippen LogP contribution in [0, 0.1) is 10.1 Å². The second kappa shape index (κ2) is 5.57. The molecule has 96 valence electrons. The predicted molar refractivity (Wildman–Crippen MR) is 73.0 cm³/mol. The molecule has 7 heteroatoms. The highest BCUT2D eigenvalue weighted by Gasteiger charge is 2.10. The normalized spacial score (nSPS) is 9.95. The van der Waals surface area contributed by atoms with Crippen LogP contribution in [0.3, 0.4) is 0 Å². The predicted octanol–water partition coefficient (Wildman–Crippen LogP) is 3.00. The number of hydrogen-bond donors (Lipinski definition) is 1. The molecule has 1 aromatic heterocycles. The Morgan fingerprint density at radius 2 is 2.11 bits per heavy atom. The summed E-state index contributed by atoms with van der Waals surface area (Å²) < 4.78 is 0.541. The van der Waals surface area contributed by atoms with Crippen molar-refractivity contribution in [3.63, 3.8) is 0 Å². The maximum Gasteiger partial charge on any atom is 0.271 e. The lowest BCUT2D eigenvalue weighted by Gasteiger charge is -2.05. The molecular formula is C12H8BrN3O3. The summed E-state index contributed by atoms with van der Waals surface area (Å²) in [5.41, 5.74) is 0.703. The number of benzene rings is 1. The van der Waals surface area contributed by atoms with Crippen molar-refractivity contribution in [2.45, 2.75) is 0 Å². The number of anilines is 1. The number of pyridine rings is 1. The number of halogens is 1. The Kier molecular flexibility index (Phi) is 3.86. The summed E-state index contributed by atoms with van der Waals surface area (Å²) in [6.45, 7) is 0. The Balaban J connectivity index is 2.19. The molecule has 0 aliphatic heterocycles. The van der Waals surface area contributed by atoms with Crippen molar-refractivity contribution in [1.82, 2.24) is 4.98 Å². The summed E-state index contributed by atoms with van der Waals surface area (Å²) in [5.74, 6) is -0.358. The van der Waals surface area contributed by atoms with E-state index in [0.717, 1.165) is 0 Å². The second-order valence-corrected chi connectivity index (χ2v) is 4.44. The van der Waals surface area contributed by atoms with Crippen molar-refractivity contribution < 1.29 is 9.72 Å². The minimum Gasteiger partial charge on any atom is -0.322 e. The lowest BCUT2D eigenvalue weighted by molar-refractivity contribution is -0.384. The molecule has 0 spiro atoms. The number of nitro groups is 1. The Morgan fingerprint density at radius 3 is 2.79 bits per heavy atom. The third-order valence-corrected chi connectivity index (χ3v) is 2.74. The van der Waals surface area contributed by atoms with Gasteiger partial charge in [0.15, 0.2) is 0 Å². The molecular weight excluding hydrogens is 314 g/mol. The van der Waals surface area contributed by atoms with Crippen LogP contribution in [-0.4, -0.2) is 15.8 Å². The molecule has 1 N–H and O–H groups in total. The van der Waals surface area contributed by atoms with Gasteiger partial charge in [-0.3, -0.25) is 14.9 Å². The largest absolute Gasteiger partial charge is 0.322 e. The van der Waals surface area contributed by atoms with Crippen molar-refractivity contribution in [3.05, 3.63) is 62.9 Å². The van der Waals surface area contributed by atoms with Gasteiger partial charge in [-0.25, -0.2) is 4.98 Å². The van der Waals surface area contributed by atoms with Crippen molar-refractivity contribution in [2.75, 3.05) is 5.32 Å². The summed E-state index contributed by atoms with van der Waals surface area (Å²) in [7, 11) is 0. The monoisotopic (exact) mass is 321 g/mol. The van der Waals surface area contributed by atoms with Gasteiger partial charge in [-0.1, -0.05) is 6.07 Å². The van der Waals surface area contributed by atoms with Crippen molar-refractivity contribution in [1.29, 1.82) is 0 Å². The average molecular weight is 322 g/mol. The third kappa shape index (κ3) is 3.35. The van der Waals surface area contributed by atoms with Crippen molar-refractivity contribution in [2.24, 2.45) is 0 Å². The summed E-state index contributed by atoms with van der Waals surface area (Å²) in [6.07, 6.45) is 1.49. The lowest BCUT2D eigenvalue weighted by Crippen LogP contribution is -2.12. The topological polar surface area (TPSA) is 85.1 Å². The van der Waals surface area contributed by atoms with Crippen LogP contribution in [0.4, 0.5) is 11.4 Å². The van der Waals surface area contributed by atoms with Gasteiger partial charge in [-0.05, 0) is 34.1 Å². The molecule has 19 heavy (non-hydrogen) atoms. The molecule has 0 atom stereocenters. The SMILES string of the molecule is O=C(Nc1cccc([N+](=O)[O-])c1)c1ccnc(Br)c1. The van der Waals surface area contributed by atoms with Crippen LogP contribution >= 0.6 is 15.9 Å². The zero-order chi connectivity index (χ0) is 13.8. The number of nitro benzene ring substituents is 1. The molecule has 0 saturated carbocycles. The highest BCUT2D eigenvalue weighted by molar-refractivity contribution is 9.10. The molecule has 2 rings (SSSR count). The standard InChI is InChI=1S/C12H8BrN3O3/c13-11-6-8(4-5-14-11)12(17)15-9-2-1-3-10(7-9)16(18)19/h1-7H,(H,15,17). The van der Waals surface area contributed by atoms with E-state index in [1.165, 1.54) is 24.4 Å². The van der Waals surface area contributed by atoms with Crippen LogP contribution in [0.15, 0.2) is 47.2 Å². The Hall–Kier alpha value is -2.28. The maximum absolute atomic E-state index is 11.9. The Bertz CT molecular complexity index is 646. The Morgan fingerprint density at radius 1 is 1.32 bits per heavy atom. The molecule has 0 saturated heterocycles. The van der Waals surface area contributed by atoms with Crippen LogP contribution < -0.4 is 5.32 Å². The molecule has 1 heterocycles. The number of nitrogens with zero attached hydrogens (tertiary/aromatic N) is 2. The zero-order valence-electron chi connectivity index (χ0n) is 9.54. The van der Waals surface area contributed by atoms with Gasteiger partial charge in [0.25, 0.3) is 11.6 Å². The zero-order valence-corrected chi connectivity index (χ0v) is 11.1. The van der Waals surface area contributed by atoms with E-state index in [9.17, 15) is 14.9 Å². The summed E-state index contributed by atoms with van der Waals surface area (Å²) in [6, 6.07) is 8.87. The first kappa shape index (κ1) is 13.2. The molecule has 0 aliphatic carbocycles. The minimum atomic E-state index is -0.515. The molecule has 0 radical (unpaired) electrons. The minimum absolute atomic E-state index is 0.0753. The van der Waals surface area contributed by atoms with Gasteiger partial charge in [0, 0.05) is 29.6 Å². The average Bonchev–Trinajstić information content (AvgIpc) is 2.39. The molecule has 0 unspecified atom stereocenters. The highest BCUT2D eigenvalue weighted by Crippen LogP contribution is 2.18. The summed E-state index contributed by atoms with van der Waals surface area (Å²) >= 11 is 3.17. The number of amides is 1. The summed E-state index contributed by atoms with van der Waals surface area (Å²) in [5, 5.41) is 13.2. The second-order valence-electron chi connectivity index (χ2n) is 3.63. The van der Waals surface area contributed by atoms with E-state index in [2.05, 4.69) is 26.2 Å². The van der Waals surface area contributed by atoms with Crippen LogP contribution in [0.2, 0.25) is 0 Å². The van der Waals surface area contributed by atoms with Gasteiger partial charge in [0.1, 0.15) is 4.60 Å². The summed E-state index contributed by atoms with van der Waals surface area (Å²) in [4.78, 5) is 25.9. The molecule has 0 bridgehead atoms. The number of hydrogen-bond acceptors (Lipinski definition) is 4. The van der Waals surface area contributed by atoms with E-state index in [0.29, 0.717) is 15.9 Å². The van der Waals surface area contributed by atoms with Gasteiger partial charge >= 0.3 is 0 Å². The first-order valence-corrected chi connectivity index (χ1v) is 6.03. The molecule has 1 aromatic carbocycles. The van der Waals surface area contributed by atoms with Gasteiger partial charge in [0.2, 0.25) is 0 Å². The fourth-order valence-electron chi connectivity index (χ4n) is 1.44. The number of carbonyl (C=O) groups is 1. The van der Waals surface area contributed by atoms with E-state index in [1.54, 1.807) is 18.2 Å². The maximum atomic E-state index is 11.9. The molecule has 0 fully saturated rings. The quantitative estimate of drug-likeness (QED) is 0.535.